The summed E-state index contributed by atoms with van der Waals surface area (Å²) >= 11 is 0. The molecule has 0 saturated carbocycles. The maximum Gasteiger partial charge on any atom is 0.459 e. The summed E-state index contributed by atoms with van der Waals surface area (Å²) in [4.78, 5) is 24.9. The summed E-state index contributed by atoms with van der Waals surface area (Å²) in [6.07, 6.45) is -2.20. The van der Waals surface area contributed by atoms with Crippen molar-refractivity contribution in [3.63, 3.8) is 0 Å². The van der Waals surface area contributed by atoms with E-state index < -0.39 is 62.2 Å². The number of hydrogen-bond donors (Lipinski definition) is 3. The minimum Gasteiger partial charge on any atom is -0.462 e. The van der Waals surface area contributed by atoms with Gasteiger partial charge in [-0.2, -0.15) is 5.09 Å². The van der Waals surface area contributed by atoms with Crippen LogP contribution in [0.4, 0.5) is 8.78 Å². The molecule has 1 amide bonds. The van der Waals surface area contributed by atoms with Crippen molar-refractivity contribution in [2.24, 2.45) is 0 Å². The van der Waals surface area contributed by atoms with Crippen molar-refractivity contribution in [1.82, 2.24) is 15.3 Å². The summed E-state index contributed by atoms with van der Waals surface area (Å²) in [7, 11) is -4.59. The lowest BCUT2D eigenvalue weighted by molar-refractivity contribution is -0.206. The summed E-state index contributed by atoms with van der Waals surface area (Å²) in [5, 5.41) is 15.4. The highest BCUT2D eigenvalue weighted by atomic mass is 31.2. The third kappa shape index (κ3) is 6.83. The normalized spacial score (nSPS) is 28.8. The van der Waals surface area contributed by atoms with E-state index in [1.165, 1.54) is 19.1 Å². The van der Waals surface area contributed by atoms with Crippen LogP contribution in [0.1, 0.15) is 20.8 Å². The first-order valence-corrected chi connectivity index (χ1v) is 13.3. The molecule has 2 aliphatic heterocycles. The van der Waals surface area contributed by atoms with E-state index in [1.54, 1.807) is 32.0 Å². The second kappa shape index (κ2) is 11.8. The largest absolute Gasteiger partial charge is 0.462 e. The first-order chi connectivity index (χ1) is 18.2. The molecule has 212 valence electrons. The van der Waals surface area contributed by atoms with Gasteiger partial charge in [0, 0.05) is 18.4 Å². The lowest BCUT2D eigenvalue weighted by atomic mass is 9.94. The van der Waals surface area contributed by atoms with Crippen molar-refractivity contribution >= 4 is 19.6 Å². The Morgan fingerprint density at radius 2 is 2.03 bits per heavy atom. The molecule has 0 spiro atoms. The fraction of sp³-hybridized carbons (Fsp3) is 0.400. The number of hydrogen-bond acceptors (Lipinski definition) is 9. The van der Waals surface area contributed by atoms with Crippen molar-refractivity contribution in [2.75, 3.05) is 6.61 Å². The van der Waals surface area contributed by atoms with E-state index in [1.807, 2.05) is 0 Å². The van der Waals surface area contributed by atoms with Gasteiger partial charge >= 0.3 is 13.7 Å². The Bertz CT molecular complexity index is 1220. The number of nitrogens with one attached hydrogen (secondary N) is 2. The minimum absolute atomic E-state index is 0.0383. The van der Waals surface area contributed by atoms with E-state index in [4.69, 9.17) is 18.5 Å². The number of carbonyl (C=O) groups excluding carboxylic acids is 2. The molecule has 0 radical (unpaired) electrons. The SMILES string of the molecule is C=C=C[C@]1(F)[C@H](N2C=CC(=O)NC2=C)O[C@](F)(COP(=O)(NC(C)C(=O)OC(C)C)Oc2ccccc2)[C@H]1O. The fourth-order valence-electron chi connectivity index (χ4n) is 3.71. The molecule has 1 aromatic carbocycles. The molecule has 3 N–H and O–H groups in total. The lowest BCUT2D eigenvalue weighted by Gasteiger charge is -2.35. The van der Waals surface area contributed by atoms with Gasteiger partial charge in [0.05, 0.1) is 6.10 Å². The first-order valence-electron chi connectivity index (χ1n) is 11.8. The summed E-state index contributed by atoms with van der Waals surface area (Å²) in [6, 6.07) is 6.42. The highest BCUT2D eigenvalue weighted by Gasteiger charge is 2.67. The monoisotopic (exact) mass is 569 g/mol. The van der Waals surface area contributed by atoms with Gasteiger partial charge in [0.25, 0.3) is 11.8 Å². The van der Waals surface area contributed by atoms with Crippen molar-refractivity contribution in [3.05, 3.63) is 73.4 Å². The van der Waals surface area contributed by atoms with E-state index >= 15 is 8.78 Å². The van der Waals surface area contributed by atoms with E-state index in [0.29, 0.717) is 6.08 Å². The Morgan fingerprint density at radius 1 is 1.36 bits per heavy atom. The number of nitrogens with zero attached hydrogens (tertiary/aromatic N) is 1. The maximum absolute atomic E-state index is 16.1. The Kier molecular flexibility index (Phi) is 9.17. The summed E-state index contributed by atoms with van der Waals surface area (Å²) in [6.45, 7) is 10.1. The second-order valence-corrected chi connectivity index (χ2v) is 10.7. The van der Waals surface area contributed by atoms with Crippen molar-refractivity contribution in [1.29, 1.82) is 0 Å². The minimum atomic E-state index is -4.59. The Morgan fingerprint density at radius 3 is 2.62 bits per heavy atom. The number of ether oxygens (including phenoxy) is 2. The second-order valence-electron chi connectivity index (χ2n) is 9.01. The van der Waals surface area contributed by atoms with Crippen LogP contribution in [0.2, 0.25) is 0 Å². The molecule has 1 aromatic rings. The van der Waals surface area contributed by atoms with Crippen LogP contribution >= 0.6 is 7.75 Å². The van der Waals surface area contributed by atoms with Gasteiger partial charge in [0.2, 0.25) is 5.67 Å². The number of rotatable bonds is 11. The molecule has 2 unspecified atom stereocenters. The number of aliphatic hydroxyl groups is 1. The molecule has 39 heavy (non-hydrogen) atoms. The van der Waals surface area contributed by atoms with E-state index in [0.717, 1.165) is 17.2 Å². The zero-order valence-corrected chi connectivity index (χ0v) is 22.4. The van der Waals surface area contributed by atoms with Gasteiger partial charge in [-0.3, -0.25) is 14.1 Å². The highest BCUT2D eigenvalue weighted by molar-refractivity contribution is 7.52. The van der Waals surface area contributed by atoms with Crippen LogP contribution in [0.3, 0.4) is 0 Å². The summed E-state index contributed by atoms with van der Waals surface area (Å²) in [5.74, 6) is -4.81. The number of esters is 1. The van der Waals surface area contributed by atoms with Crippen LogP contribution in [-0.2, 0) is 28.2 Å². The zero-order chi connectivity index (χ0) is 29.0. The molecule has 6 atom stereocenters. The number of amides is 1. The van der Waals surface area contributed by atoms with Crippen molar-refractivity contribution in [3.8, 4) is 5.75 Å². The highest BCUT2D eigenvalue weighted by Crippen LogP contribution is 2.50. The summed E-state index contributed by atoms with van der Waals surface area (Å²) < 4.78 is 66.9. The first kappa shape index (κ1) is 30.2. The van der Waals surface area contributed by atoms with Crippen LogP contribution in [0.25, 0.3) is 0 Å². The topological polar surface area (TPSA) is 136 Å². The average molecular weight is 569 g/mol. The quantitative estimate of drug-likeness (QED) is 0.207. The van der Waals surface area contributed by atoms with Gasteiger partial charge in [0.1, 0.15) is 24.2 Å². The number of para-hydroxylation sites is 1. The Hall–Kier alpha value is -3.31. The number of carbonyl (C=O) groups is 2. The number of benzene rings is 1. The molecule has 2 aliphatic rings. The molecular weight excluding hydrogens is 539 g/mol. The smallest absolute Gasteiger partial charge is 0.459 e. The van der Waals surface area contributed by atoms with Crippen LogP contribution in [0, 0.1) is 0 Å². The molecule has 0 bridgehead atoms. The average Bonchev–Trinajstić information content (AvgIpc) is 3.05. The summed E-state index contributed by atoms with van der Waals surface area (Å²) in [5.41, 5.74) is -0.823. The van der Waals surface area contributed by atoms with Crippen LogP contribution < -0.4 is 14.9 Å². The van der Waals surface area contributed by atoms with Crippen LogP contribution in [0.15, 0.2) is 73.4 Å². The van der Waals surface area contributed by atoms with Crippen LogP contribution in [0.5, 0.6) is 5.75 Å². The molecule has 14 heteroatoms. The van der Waals surface area contributed by atoms with E-state index in [-0.39, 0.29) is 11.6 Å². The lowest BCUT2D eigenvalue weighted by Crippen LogP contribution is -2.52. The molecule has 0 aliphatic carbocycles. The van der Waals surface area contributed by atoms with E-state index in [2.05, 4.69) is 29.3 Å². The van der Waals surface area contributed by atoms with Gasteiger partial charge < -0.3 is 29.3 Å². The van der Waals surface area contributed by atoms with E-state index in [9.17, 15) is 19.3 Å². The molecule has 11 nitrogen and oxygen atoms in total. The van der Waals surface area contributed by atoms with Crippen LogP contribution in [-0.4, -0.2) is 64.5 Å². The number of halogens is 2. The molecule has 0 aromatic heterocycles. The van der Waals surface area contributed by atoms with Crippen molar-refractivity contribution in [2.45, 2.75) is 56.8 Å². The maximum atomic E-state index is 16.1. The number of aliphatic hydroxyl groups excluding tert-OH is 1. The molecule has 2 heterocycles. The predicted molar refractivity (Wildman–Crippen MR) is 135 cm³/mol. The van der Waals surface area contributed by atoms with Gasteiger partial charge in [0.15, 0.2) is 12.3 Å². The predicted octanol–water partition coefficient (Wildman–Crippen LogP) is 2.97. The number of alkyl halides is 2. The molecule has 1 fully saturated rings. The molecule has 3 rings (SSSR count). The fourth-order valence-corrected chi connectivity index (χ4v) is 5.21. The zero-order valence-electron chi connectivity index (χ0n) is 21.5. The molecular formula is C25H30F2N3O8P. The standard InChI is InChI=1S/C25H30F2N3O8P/c1-6-13-24(26)22(33)25(27,37-23(24)30-14-12-20(31)28-18(30)5)15-35-39(34,38-19-10-8-7-9-11-19)29-17(4)21(32)36-16(2)3/h7-14,16-17,22-23,33H,1,5,15H2,2-4H3,(H,28,31)(H,29,34)/t17?,22-,23+,24+,25+,39?/m0/s1. The Balaban J connectivity index is 1.89. The van der Waals surface area contributed by atoms with Gasteiger partial charge in [-0.1, -0.05) is 31.4 Å². The third-order valence-corrected chi connectivity index (χ3v) is 7.14. The van der Waals surface area contributed by atoms with Gasteiger partial charge in [-0.25, -0.2) is 13.3 Å². The third-order valence-electron chi connectivity index (χ3n) is 5.51. The van der Waals surface area contributed by atoms with Gasteiger partial charge in [-0.15, -0.1) is 5.73 Å². The Labute approximate surface area is 224 Å². The molecule has 1 saturated heterocycles. The van der Waals surface area contributed by atoms with Crippen molar-refractivity contribution < 1.29 is 46.6 Å². The van der Waals surface area contributed by atoms with Gasteiger partial charge in [-0.05, 0) is 32.9 Å².